The summed E-state index contributed by atoms with van der Waals surface area (Å²) in [6, 6.07) is 10.8. The second-order valence-electron chi connectivity index (χ2n) is 5.68. The zero-order valence-electron chi connectivity index (χ0n) is 14.4. The summed E-state index contributed by atoms with van der Waals surface area (Å²) < 4.78 is 12.5. The fraction of sp³-hybridized carbons (Fsp3) is 0.278. The maximum Gasteiger partial charge on any atom is 0.348 e. The molecule has 7 nitrogen and oxygen atoms in total. The number of benzene rings is 1. The Bertz CT molecular complexity index is 1050. The number of esters is 1. The number of carbonyl (C=O) groups is 1. The van der Waals surface area contributed by atoms with Crippen molar-refractivity contribution in [3.05, 3.63) is 67.7 Å². The molecule has 0 fully saturated rings. The molecule has 136 valence electrons. The number of fused-ring (bicyclic) bond motifs is 1. The zero-order chi connectivity index (χ0) is 18.7. The summed E-state index contributed by atoms with van der Waals surface area (Å²) in [6.45, 7) is 0.589. The molecule has 8 heteroatoms. The third-order valence-corrected chi connectivity index (χ3v) is 5.11. The van der Waals surface area contributed by atoms with Crippen LogP contribution in [0.4, 0.5) is 0 Å². The van der Waals surface area contributed by atoms with E-state index in [-0.39, 0.29) is 18.0 Å². The first kappa shape index (κ1) is 18.1. The Morgan fingerprint density at radius 1 is 1.15 bits per heavy atom. The number of aromatic nitrogens is 2. The molecule has 0 aliphatic heterocycles. The van der Waals surface area contributed by atoms with Gasteiger partial charge in [0.2, 0.25) is 0 Å². The number of carbonyl (C=O) groups excluding carboxylic acids is 1. The molecule has 0 aliphatic carbocycles. The van der Waals surface area contributed by atoms with E-state index < -0.39 is 17.2 Å². The largest absolute Gasteiger partial charge is 0.459 e. The topological polar surface area (TPSA) is 79.5 Å². The van der Waals surface area contributed by atoms with Gasteiger partial charge in [-0.3, -0.25) is 13.9 Å². The molecule has 0 radical (unpaired) electrons. The fourth-order valence-corrected chi connectivity index (χ4v) is 3.58. The molecule has 2 heterocycles. The maximum atomic E-state index is 12.8. The van der Waals surface area contributed by atoms with Gasteiger partial charge in [-0.25, -0.2) is 9.59 Å². The van der Waals surface area contributed by atoms with Crippen LogP contribution in [-0.4, -0.2) is 35.4 Å². The molecule has 0 amide bonds. The summed E-state index contributed by atoms with van der Waals surface area (Å²) in [5.41, 5.74) is 0.00660. The van der Waals surface area contributed by atoms with Gasteiger partial charge in [-0.15, -0.1) is 11.3 Å². The van der Waals surface area contributed by atoms with Crippen LogP contribution < -0.4 is 11.2 Å². The van der Waals surface area contributed by atoms with Gasteiger partial charge in [0.25, 0.3) is 5.56 Å². The lowest BCUT2D eigenvalue weighted by Crippen LogP contribution is -2.38. The molecule has 0 unspecified atom stereocenters. The van der Waals surface area contributed by atoms with E-state index in [0.29, 0.717) is 16.8 Å². The normalized spacial score (nSPS) is 11.0. The van der Waals surface area contributed by atoms with Crippen molar-refractivity contribution in [3.63, 3.8) is 0 Å². The van der Waals surface area contributed by atoms with Crippen LogP contribution in [-0.2, 0) is 23.1 Å². The lowest BCUT2D eigenvalue weighted by molar-refractivity contribution is 0.0393. The van der Waals surface area contributed by atoms with Gasteiger partial charge in [0, 0.05) is 14.2 Å². The highest BCUT2D eigenvalue weighted by molar-refractivity contribution is 7.20. The van der Waals surface area contributed by atoms with Crippen LogP contribution >= 0.6 is 11.3 Å². The van der Waals surface area contributed by atoms with Crippen molar-refractivity contribution >= 4 is 27.5 Å². The molecule has 0 saturated heterocycles. The molecule has 3 rings (SSSR count). The summed E-state index contributed by atoms with van der Waals surface area (Å²) >= 11 is 1.07. The average Bonchev–Trinajstić information content (AvgIpc) is 3.10. The Balaban J connectivity index is 2.03. The van der Waals surface area contributed by atoms with E-state index in [2.05, 4.69) is 0 Å². The van der Waals surface area contributed by atoms with Crippen LogP contribution in [0, 0.1) is 0 Å². The lowest BCUT2D eigenvalue weighted by atomic mass is 10.2. The smallest absolute Gasteiger partial charge is 0.348 e. The van der Waals surface area contributed by atoms with E-state index in [0.717, 1.165) is 16.9 Å². The Kier molecular flexibility index (Phi) is 5.34. The van der Waals surface area contributed by atoms with Crippen LogP contribution in [0.25, 0.3) is 10.2 Å². The van der Waals surface area contributed by atoms with Gasteiger partial charge in [-0.1, -0.05) is 30.3 Å². The molecule has 0 atom stereocenters. The highest BCUT2D eigenvalue weighted by Crippen LogP contribution is 2.22. The number of hydrogen-bond acceptors (Lipinski definition) is 6. The highest BCUT2D eigenvalue weighted by Gasteiger charge is 2.18. The van der Waals surface area contributed by atoms with E-state index in [1.165, 1.54) is 22.3 Å². The second-order valence-corrected chi connectivity index (χ2v) is 6.71. The molecule has 3 aromatic rings. The molecule has 0 N–H and O–H groups in total. The standard InChI is InChI=1S/C18H18N2O5S/c1-19-16-13(10-14(26-16)17(22)25-9-8-24-2)15(21)20(18(19)23)11-12-6-4-3-5-7-12/h3-7,10H,8-9,11H2,1-2H3. The first-order chi connectivity index (χ1) is 12.5. The molecule has 0 spiro atoms. The predicted octanol–water partition coefficient (Wildman–Crippen LogP) is 1.61. The summed E-state index contributed by atoms with van der Waals surface area (Å²) in [7, 11) is 3.10. The quantitative estimate of drug-likeness (QED) is 0.484. The number of ether oxygens (including phenoxy) is 2. The van der Waals surface area contributed by atoms with Gasteiger partial charge < -0.3 is 9.47 Å². The predicted molar refractivity (Wildman–Crippen MR) is 99.0 cm³/mol. The molecule has 1 aromatic carbocycles. The molecular weight excluding hydrogens is 356 g/mol. The first-order valence-electron chi connectivity index (χ1n) is 7.96. The third-order valence-electron chi connectivity index (χ3n) is 3.92. The molecule has 0 saturated carbocycles. The van der Waals surface area contributed by atoms with E-state index in [4.69, 9.17) is 9.47 Å². The molecule has 0 bridgehead atoms. The summed E-state index contributed by atoms with van der Waals surface area (Å²) in [5.74, 6) is -0.537. The second kappa shape index (κ2) is 7.67. The summed E-state index contributed by atoms with van der Waals surface area (Å²) in [4.78, 5) is 38.2. The van der Waals surface area contributed by atoms with Gasteiger partial charge in [-0.2, -0.15) is 0 Å². The van der Waals surface area contributed by atoms with Crippen molar-refractivity contribution in [3.8, 4) is 0 Å². The SMILES string of the molecule is COCCOC(=O)c1cc2c(=O)n(Cc3ccccc3)c(=O)n(C)c2s1. The molecule has 26 heavy (non-hydrogen) atoms. The Hall–Kier alpha value is -2.71. The minimum absolute atomic E-state index is 0.126. The molecule has 2 aromatic heterocycles. The molecule has 0 aliphatic rings. The monoisotopic (exact) mass is 374 g/mol. The minimum atomic E-state index is -0.537. The average molecular weight is 374 g/mol. The van der Waals surface area contributed by atoms with Crippen molar-refractivity contribution in [2.45, 2.75) is 6.54 Å². The number of nitrogens with zero attached hydrogens (tertiary/aromatic N) is 2. The van der Waals surface area contributed by atoms with Crippen LogP contribution in [0.3, 0.4) is 0 Å². The van der Waals surface area contributed by atoms with Crippen LogP contribution in [0.5, 0.6) is 0 Å². The van der Waals surface area contributed by atoms with Crippen LogP contribution in [0.2, 0.25) is 0 Å². The number of hydrogen-bond donors (Lipinski definition) is 0. The van der Waals surface area contributed by atoms with Gasteiger partial charge >= 0.3 is 11.7 Å². The fourth-order valence-electron chi connectivity index (χ4n) is 2.58. The van der Waals surface area contributed by atoms with Gasteiger partial charge in [0.05, 0.1) is 18.5 Å². The molecular formula is C18H18N2O5S. The lowest BCUT2D eigenvalue weighted by Gasteiger charge is -2.08. The van der Waals surface area contributed by atoms with Crippen molar-refractivity contribution in [2.24, 2.45) is 7.05 Å². The number of thiophene rings is 1. The van der Waals surface area contributed by atoms with E-state index >= 15 is 0 Å². The van der Waals surface area contributed by atoms with Gasteiger partial charge in [0.1, 0.15) is 16.3 Å². The number of aryl methyl sites for hydroxylation is 1. The Morgan fingerprint density at radius 2 is 1.88 bits per heavy atom. The first-order valence-corrected chi connectivity index (χ1v) is 8.78. The van der Waals surface area contributed by atoms with Gasteiger partial charge in [-0.05, 0) is 11.6 Å². The zero-order valence-corrected chi connectivity index (χ0v) is 15.2. The third kappa shape index (κ3) is 3.47. The van der Waals surface area contributed by atoms with Crippen molar-refractivity contribution in [2.75, 3.05) is 20.3 Å². The van der Waals surface area contributed by atoms with Crippen molar-refractivity contribution < 1.29 is 14.3 Å². The van der Waals surface area contributed by atoms with Crippen molar-refractivity contribution in [1.29, 1.82) is 0 Å². The van der Waals surface area contributed by atoms with E-state index in [9.17, 15) is 14.4 Å². The van der Waals surface area contributed by atoms with E-state index in [1.54, 1.807) is 7.05 Å². The van der Waals surface area contributed by atoms with E-state index in [1.807, 2.05) is 30.3 Å². The van der Waals surface area contributed by atoms with Gasteiger partial charge in [0.15, 0.2) is 0 Å². The van der Waals surface area contributed by atoms with Crippen molar-refractivity contribution in [1.82, 2.24) is 9.13 Å². The Morgan fingerprint density at radius 3 is 2.58 bits per heavy atom. The highest BCUT2D eigenvalue weighted by atomic mass is 32.1. The Labute approximate surface area is 153 Å². The maximum absolute atomic E-state index is 12.8. The van der Waals surface area contributed by atoms with Crippen LogP contribution in [0.1, 0.15) is 15.2 Å². The van der Waals surface area contributed by atoms with Crippen LogP contribution in [0.15, 0.2) is 46.0 Å². The number of methoxy groups -OCH3 is 1. The summed E-state index contributed by atoms with van der Waals surface area (Å²) in [5, 5.41) is 0.326. The minimum Gasteiger partial charge on any atom is -0.459 e. The summed E-state index contributed by atoms with van der Waals surface area (Å²) in [6.07, 6.45) is 0. The number of rotatable bonds is 6.